The van der Waals surface area contributed by atoms with Crippen molar-refractivity contribution in [1.82, 2.24) is 9.97 Å². The van der Waals surface area contributed by atoms with E-state index in [9.17, 15) is 0 Å². The molecule has 0 bridgehead atoms. The van der Waals surface area contributed by atoms with E-state index < -0.39 is 0 Å². The van der Waals surface area contributed by atoms with E-state index in [1.165, 1.54) is 0 Å². The Hall–Kier alpha value is -2.22. The fourth-order valence-corrected chi connectivity index (χ4v) is 1.40. The fraction of sp³-hybridized carbons (Fsp3) is 0. The molecule has 16 heavy (non-hydrogen) atoms. The molecule has 2 aromatic rings. The van der Waals surface area contributed by atoms with Crippen LogP contribution in [0.5, 0.6) is 0 Å². The van der Waals surface area contributed by atoms with Crippen LogP contribution in [0.2, 0.25) is 0 Å². The van der Waals surface area contributed by atoms with Crippen molar-refractivity contribution < 1.29 is 0 Å². The van der Waals surface area contributed by atoms with Gasteiger partial charge in [-0.3, -0.25) is 0 Å². The van der Waals surface area contributed by atoms with Crippen LogP contribution in [-0.2, 0) is 0 Å². The second-order valence-electron chi connectivity index (χ2n) is 3.29. The van der Waals surface area contributed by atoms with Gasteiger partial charge < -0.3 is 0 Å². The summed E-state index contributed by atoms with van der Waals surface area (Å²) in [6.07, 6.45) is 7.06. The summed E-state index contributed by atoms with van der Waals surface area (Å²) in [7, 11) is 0. The lowest BCUT2D eigenvalue weighted by molar-refractivity contribution is 1.16. The van der Waals surface area contributed by atoms with Crippen molar-refractivity contribution >= 4 is 6.08 Å². The summed E-state index contributed by atoms with van der Waals surface area (Å²) in [5.41, 5.74) is 2.91. The lowest BCUT2D eigenvalue weighted by Gasteiger charge is -2.00. The first-order valence-electron chi connectivity index (χ1n) is 5.07. The molecule has 0 amide bonds. The SMILES string of the molecule is C=C/C=C\c1cc(-c2ccccc2)ncn1. The van der Waals surface area contributed by atoms with Crippen molar-refractivity contribution in [3.05, 3.63) is 67.2 Å². The second-order valence-corrected chi connectivity index (χ2v) is 3.29. The lowest BCUT2D eigenvalue weighted by atomic mass is 10.1. The van der Waals surface area contributed by atoms with Crippen molar-refractivity contribution in [2.45, 2.75) is 0 Å². The summed E-state index contributed by atoms with van der Waals surface area (Å²) in [5, 5.41) is 0. The third-order valence-electron chi connectivity index (χ3n) is 2.16. The summed E-state index contributed by atoms with van der Waals surface area (Å²) in [5.74, 6) is 0. The number of hydrogen-bond donors (Lipinski definition) is 0. The Labute approximate surface area is 95.0 Å². The van der Waals surface area contributed by atoms with Gasteiger partial charge in [-0.05, 0) is 12.1 Å². The Bertz CT molecular complexity index is 501. The average molecular weight is 208 g/mol. The molecule has 0 N–H and O–H groups in total. The average Bonchev–Trinajstić information content (AvgIpc) is 2.38. The molecule has 0 aliphatic rings. The summed E-state index contributed by atoms with van der Waals surface area (Å²) in [4.78, 5) is 8.40. The third-order valence-corrected chi connectivity index (χ3v) is 2.16. The third kappa shape index (κ3) is 2.42. The van der Waals surface area contributed by atoms with Crippen LogP contribution >= 0.6 is 0 Å². The minimum absolute atomic E-state index is 0.883. The van der Waals surface area contributed by atoms with Crippen LogP contribution < -0.4 is 0 Å². The molecule has 0 atom stereocenters. The van der Waals surface area contributed by atoms with Gasteiger partial charge in [-0.15, -0.1) is 0 Å². The maximum absolute atomic E-state index is 4.25. The van der Waals surface area contributed by atoms with Crippen molar-refractivity contribution in [3.63, 3.8) is 0 Å². The Balaban J connectivity index is 2.36. The molecule has 0 unspecified atom stereocenters. The Morgan fingerprint density at radius 1 is 1.06 bits per heavy atom. The van der Waals surface area contributed by atoms with Gasteiger partial charge in [0.05, 0.1) is 11.4 Å². The number of aromatic nitrogens is 2. The number of benzene rings is 1. The van der Waals surface area contributed by atoms with Crippen molar-refractivity contribution in [3.8, 4) is 11.3 Å². The summed E-state index contributed by atoms with van der Waals surface area (Å²) in [6, 6.07) is 12.0. The molecule has 0 radical (unpaired) electrons. The van der Waals surface area contributed by atoms with Gasteiger partial charge in [0.2, 0.25) is 0 Å². The van der Waals surface area contributed by atoms with Gasteiger partial charge in [-0.1, -0.05) is 49.1 Å². The van der Waals surface area contributed by atoms with Gasteiger partial charge in [-0.2, -0.15) is 0 Å². The highest BCUT2D eigenvalue weighted by atomic mass is 14.8. The first-order chi connectivity index (χ1) is 7.90. The van der Waals surface area contributed by atoms with E-state index in [-0.39, 0.29) is 0 Å². The molecular weight excluding hydrogens is 196 g/mol. The number of nitrogens with zero attached hydrogens (tertiary/aromatic N) is 2. The standard InChI is InChI=1S/C14H12N2/c1-2-3-9-13-10-14(16-11-15-13)12-7-5-4-6-8-12/h2-11H,1H2/b9-3-. The molecule has 0 saturated heterocycles. The van der Waals surface area contributed by atoms with E-state index in [2.05, 4.69) is 16.5 Å². The van der Waals surface area contributed by atoms with Crippen LogP contribution in [0.25, 0.3) is 17.3 Å². The second kappa shape index (κ2) is 5.03. The molecule has 0 fully saturated rings. The quantitative estimate of drug-likeness (QED) is 0.723. The minimum Gasteiger partial charge on any atom is -0.237 e. The van der Waals surface area contributed by atoms with E-state index >= 15 is 0 Å². The summed E-state index contributed by atoms with van der Waals surface area (Å²) in [6.45, 7) is 3.63. The zero-order valence-electron chi connectivity index (χ0n) is 8.88. The monoisotopic (exact) mass is 208 g/mol. The normalized spacial score (nSPS) is 10.5. The zero-order valence-corrected chi connectivity index (χ0v) is 8.88. The van der Waals surface area contributed by atoms with Crippen LogP contribution in [0, 0.1) is 0 Å². The predicted molar refractivity (Wildman–Crippen MR) is 66.7 cm³/mol. The van der Waals surface area contributed by atoms with Gasteiger partial charge in [-0.25, -0.2) is 9.97 Å². The Morgan fingerprint density at radius 3 is 2.62 bits per heavy atom. The largest absolute Gasteiger partial charge is 0.237 e. The molecule has 1 heterocycles. The van der Waals surface area contributed by atoms with Gasteiger partial charge >= 0.3 is 0 Å². The highest BCUT2D eigenvalue weighted by Crippen LogP contribution is 2.16. The maximum atomic E-state index is 4.25. The molecule has 1 aromatic carbocycles. The summed E-state index contributed by atoms with van der Waals surface area (Å²) < 4.78 is 0. The maximum Gasteiger partial charge on any atom is 0.116 e. The van der Waals surface area contributed by atoms with Crippen LogP contribution in [-0.4, -0.2) is 9.97 Å². The number of rotatable bonds is 3. The van der Waals surface area contributed by atoms with E-state index in [0.29, 0.717) is 0 Å². The molecule has 2 rings (SSSR count). The molecule has 2 heteroatoms. The van der Waals surface area contributed by atoms with E-state index in [0.717, 1.165) is 17.0 Å². The molecule has 1 aromatic heterocycles. The number of allylic oxidation sites excluding steroid dienone is 2. The topological polar surface area (TPSA) is 25.8 Å². The van der Waals surface area contributed by atoms with Gasteiger partial charge in [0.25, 0.3) is 0 Å². The molecule has 2 nitrogen and oxygen atoms in total. The highest BCUT2D eigenvalue weighted by Gasteiger charge is 1.98. The van der Waals surface area contributed by atoms with Gasteiger partial charge in [0, 0.05) is 5.56 Å². The first kappa shape index (κ1) is 10.3. The Kier molecular flexibility index (Phi) is 3.24. The first-order valence-corrected chi connectivity index (χ1v) is 5.07. The van der Waals surface area contributed by atoms with Crippen LogP contribution in [0.3, 0.4) is 0 Å². The van der Waals surface area contributed by atoms with Gasteiger partial charge in [0.1, 0.15) is 6.33 Å². The molecule has 0 spiro atoms. The van der Waals surface area contributed by atoms with E-state index in [1.54, 1.807) is 12.4 Å². The van der Waals surface area contributed by atoms with Gasteiger partial charge in [0.15, 0.2) is 0 Å². The van der Waals surface area contributed by atoms with E-state index in [4.69, 9.17) is 0 Å². The van der Waals surface area contributed by atoms with Crippen LogP contribution in [0.4, 0.5) is 0 Å². The predicted octanol–water partition coefficient (Wildman–Crippen LogP) is 3.34. The molecule has 0 aliphatic carbocycles. The lowest BCUT2D eigenvalue weighted by Crippen LogP contribution is -1.87. The minimum atomic E-state index is 0.883. The van der Waals surface area contributed by atoms with Crippen molar-refractivity contribution in [2.75, 3.05) is 0 Å². The van der Waals surface area contributed by atoms with Crippen LogP contribution in [0.15, 0.2) is 61.5 Å². The van der Waals surface area contributed by atoms with Crippen LogP contribution in [0.1, 0.15) is 5.69 Å². The molecule has 78 valence electrons. The fourth-order valence-electron chi connectivity index (χ4n) is 1.40. The van der Waals surface area contributed by atoms with Crippen molar-refractivity contribution in [1.29, 1.82) is 0 Å². The molecule has 0 saturated carbocycles. The summed E-state index contributed by atoms with van der Waals surface area (Å²) >= 11 is 0. The Morgan fingerprint density at radius 2 is 1.88 bits per heavy atom. The zero-order chi connectivity index (χ0) is 11.2. The van der Waals surface area contributed by atoms with E-state index in [1.807, 2.05) is 48.6 Å². The number of hydrogen-bond acceptors (Lipinski definition) is 2. The smallest absolute Gasteiger partial charge is 0.116 e. The van der Waals surface area contributed by atoms with Crippen molar-refractivity contribution in [2.24, 2.45) is 0 Å². The molecular formula is C14H12N2. The highest BCUT2D eigenvalue weighted by molar-refractivity contribution is 5.61. The molecule has 0 aliphatic heterocycles.